The quantitative estimate of drug-likeness (QED) is 0.515. The zero-order valence-electron chi connectivity index (χ0n) is 12.7. The Bertz CT molecular complexity index is 730. The lowest BCUT2D eigenvalue weighted by atomic mass is 10.1. The first-order valence-electron chi connectivity index (χ1n) is 7.40. The first kappa shape index (κ1) is 15.7. The van der Waals surface area contributed by atoms with Crippen LogP contribution in [0.25, 0.3) is 0 Å². The third-order valence-corrected chi connectivity index (χ3v) is 4.63. The van der Waals surface area contributed by atoms with Crippen molar-refractivity contribution in [3.63, 3.8) is 0 Å². The summed E-state index contributed by atoms with van der Waals surface area (Å²) < 4.78 is 12.9. The molecule has 0 aromatic heterocycles. The Morgan fingerprint density at radius 3 is 2.83 bits per heavy atom. The van der Waals surface area contributed by atoms with E-state index < -0.39 is 0 Å². The van der Waals surface area contributed by atoms with Crippen molar-refractivity contribution in [1.29, 1.82) is 0 Å². The summed E-state index contributed by atoms with van der Waals surface area (Å²) in [7, 11) is 0. The molecule has 5 heteroatoms. The van der Waals surface area contributed by atoms with E-state index in [-0.39, 0.29) is 23.6 Å². The maximum Gasteiger partial charge on any atom is 0.243 e. The van der Waals surface area contributed by atoms with Gasteiger partial charge in [-0.1, -0.05) is 24.3 Å². The van der Waals surface area contributed by atoms with Crippen molar-refractivity contribution < 1.29 is 9.18 Å². The molecule has 0 radical (unpaired) electrons. The van der Waals surface area contributed by atoms with Crippen LogP contribution in [0.3, 0.4) is 0 Å². The summed E-state index contributed by atoms with van der Waals surface area (Å²) in [5.74, 6) is -0.246. The Kier molecular flexibility index (Phi) is 4.76. The zero-order valence-corrected chi connectivity index (χ0v) is 13.5. The molecule has 2 aromatic carbocycles. The lowest BCUT2D eigenvalue weighted by Gasteiger charge is -2.01. The molecule has 0 spiro atoms. The summed E-state index contributed by atoms with van der Waals surface area (Å²) in [5.41, 5.74) is 4.54. The van der Waals surface area contributed by atoms with E-state index >= 15 is 0 Å². The molecule has 118 valence electrons. The van der Waals surface area contributed by atoms with Crippen LogP contribution < -0.4 is 5.43 Å². The van der Waals surface area contributed by atoms with Crippen molar-refractivity contribution in [3.05, 3.63) is 65.5 Å². The lowest BCUT2D eigenvalue weighted by Crippen LogP contribution is -2.20. The average molecular weight is 328 g/mol. The summed E-state index contributed by atoms with van der Waals surface area (Å²) in [6.07, 6.45) is 4.45. The van der Waals surface area contributed by atoms with Crippen LogP contribution in [0.5, 0.6) is 0 Å². The third kappa shape index (κ3) is 3.99. The molecule has 0 bridgehead atoms. The SMILES string of the molecule is CSc1cccc(/C=N/NC(=O)C2CC2c2ccc(F)cc2)c1. The van der Waals surface area contributed by atoms with E-state index in [4.69, 9.17) is 0 Å². The first-order valence-corrected chi connectivity index (χ1v) is 8.62. The van der Waals surface area contributed by atoms with Gasteiger partial charge in [0.1, 0.15) is 5.82 Å². The Hall–Kier alpha value is -2.14. The molecule has 1 N–H and O–H groups in total. The molecule has 0 heterocycles. The van der Waals surface area contributed by atoms with Crippen LogP contribution >= 0.6 is 11.8 Å². The van der Waals surface area contributed by atoms with Gasteiger partial charge in [0.2, 0.25) is 5.91 Å². The second-order valence-electron chi connectivity index (χ2n) is 5.51. The highest BCUT2D eigenvalue weighted by Crippen LogP contribution is 2.47. The minimum atomic E-state index is -0.257. The van der Waals surface area contributed by atoms with E-state index in [9.17, 15) is 9.18 Å². The Labute approximate surface area is 139 Å². The van der Waals surface area contributed by atoms with Crippen LogP contribution in [-0.2, 0) is 4.79 Å². The molecule has 2 aromatic rings. The summed E-state index contributed by atoms with van der Waals surface area (Å²) in [4.78, 5) is 13.2. The number of carbonyl (C=O) groups is 1. The molecule has 2 atom stereocenters. The van der Waals surface area contributed by atoms with Gasteiger partial charge in [0.15, 0.2) is 0 Å². The van der Waals surface area contributed by atoms with Gasteiger partial charge in [-0.15, -0.1) is 11.8 Å². The fraction of sp³-hybridized carbons (Fsp3) is 0.222. The van der Waals surface area contributed by atoms with Gasteiger partial charge in [-0.3, -0.25) is 4.79 Å². The first-order chi connectivity index (χ1) is 11.2. The number of hydrogen-bond donors (Lipinski definition) is 1. The Balaban J connectivity index is 1.54. The maximum atomic E-state index is 12.9. The minimum Gasteiger partial charge on any atom is -0.273 e. The van der Waals surface area contributed by atoms with E-state index in [0.717, 1.165) is 22.4 Å². The highest BCUT2D eigenvalue weighted by molar-refractivity contribution is 7.98. The van der Waals surface area contributed by atoms with Crippen LogP contribution in [0, 0.1) is 11.7 Å². The van der Waals surface area contributed by atoms with E-state index in [1.165, 1.54) is 12.1 Å². The second kappa shape index (κ2) is 6.96. The van der Waals surface area contributed by atoms with Crippen molar-refractivity contribution >= 4 is 23.9 Å². The standard InChI is InChI=1S/C18H17FN2OS/c1-23-15-4-2-3-12(9-15)11-20-21-18(22)17-10-16(17)13-5-7-14(19)8-6-13/h2-9,11,16-17H,10H2,1H3,(H,21,22)/b20-11+. The lowest BCUT2D eigenvalue weighted by molar-refractivity contribution is -0.122. The topological polar surface area (TPSA) is 41.5 Å². The fourth-order valence-electron chi connectivity index (χ4n) is 2.54. The summed E-state index contributed by atoms with van der Waals surface area (Å²) in [6, 6.07) is 14.3. The largest absolute Gasteiger partial charge is 0.273 e. The van der Waals surface area contributed by atoms with E-state index in [2.05, 4.69) is 10.5 Å². The number of hydrazone groups is 1. The molecule has 1 saturated carbocycles. The number of amides is 1. The van der Waals surface area contributed by atoms with Crippen LogP contribution in [0.1, 0.15) is 23.5 Å². The Morgan fingerprint density at radius 1 is 1.30 bits per heavy atom. The second-order valence-corrected chi connectivity index (χ2v) is 6.39. The van der Waals surface area contributed by atoms with Crippen molar-refractivity contribution in [2.75, 3.05) is 6.26 Å². The van der Waals surface area contributed by atoms with Gasteiger partial charge >= 0.3 is 0 Å². The highest BCUT2D eigenvalue weighted by atomic mass is 32.2. The molecular formula is C18H17FN2OS. The average Bonchev–Trinajstić information content (AvgIpc) is 3.36. The molecule has 1 aliphatic rings. The molecule has 23 heavy (non-hydrogen) atoms. The number of benzene rings is 2. The van der Waals surface area contributed by atoms with Gasteiger partial charge < -0.3 is 0 Å². The molecule has 1 fully saturated rings. The van der Waals surface area contributed by atoms with Crippen LogP contribution in [0.4, 0.5) is 4.39 Å². The van der Waals surface area contributed by atoms with Crippen LogP contribution in [-0.4, -0.2) is 18.4 Å². The molecule has 0 saturated heterocycles. The van der Waals surface area contributed by atoms with Gasteiger partial charge in [0, 0.05) is 10.8 Å². The molecule has 3 nitrogen and oxygen atoms in total. The minimum absolute atomic E-state index is 0.0739. The normalized spacial score (nSPS) is 19.7. The molecule has 3 rings (SSSR count). The number of halogens is 1. The van der Waals surface area contributed by atoms with Crippen molar-refractivity contribution in [1.82, 2.24) is 5.43 Å². The molecule has 2 unspecified atom stereocenters. The predicted octanol–water partition coefficient (Wildman–Crippen LogP) is 3.80. The smallest absolute Gasteiger partial charge is 0.243 e. The van der Waals surface area contributed by atoms with E-state index in [1.54, 1.807) is 30.1 Å². The number of carbonyl (C=O) groups excluding carboxylic acids is 1. The van der Waals surface area contributed by atoms with E-state index in [1.807, 2.05) is 30.5 Å². The highest BCUT2D eigenvalue weighted by Gasteiger charge is 2.43. The van der Waals surface area contributed by atoms with Crippen molar-refractivity contribution in [2.24, 2.45) is 11.0 Å². The summed E-state index contributed by atoms with van der Waals surface area (Å²) in [6.45, 7) is 0. The number of nitrogens with zero attached hydrogens (tertiary/aromatic N) is 1. The number of nitrogens with one attached hydrogen (secondary N) is 1. The van der Waals surface area contributed by atoms with E-state index in [0.29, 0.717) is 0 Å². The summed E-state index contributed by atoms with van der Waals surface area (Å²) in [5, 5.41) is 4.03. The van der Waals surface area contributed by atoms with Crippen molar-refractivity contribution in [3.8, 4) is 0 Å². The fourth-order valence-corrected chi connectivity index (χ4v) is 3.01. The van der Waals surface area contributed by atoms with Crippen molar-refractivity contribution in [2.45, 2.75) is 17.2 Å². The summed E-state index contributed by atoms with van der Waals surface area (Å²) >= 11 is 1.66. The van der Waals surface area contributed by atoms with Gasteiger partial charge in [0.05, 0.1) is 6.21 Å². The molecule has 1 amide bonds. The third-order valence-electron chi connectivity index (χ3n) is 3.91. The maximum absolute atomic E-state index is 12.9. The number of rotatable bonds is 5. The number of thioether (sulfide) groups is 1. The van der Waals surface area contributed by atoms with Crippen LogP contribution in [0.2, 0.25) is 0 Å². The van der Waals surface area contributed by atoms with Gasteiger partial charge in [-0.25, -0.2) is 9.82 Å². The predicted molar refractivity (Wildman–Crippen MR) is 91.2 cm³/mol. The van der Waals surface area contributed by atoms with Gasteiger partial charge in [0.25, 0.3) is 0 Å². The van der Waals surface area contributed by atoms with Crippen LogP contribution in [0.15, 0.2) is 58.5 Å². The monoisotopic (exact) mass is 328 g/mol. The Morgan fingerprint density at radius 2 is 2.09 bits per heavy atom. The van der Waals surface area contributed by atoms with Gasteiger partial charge in [-0.05, 0) is 54.0 Å². The zero-order chi connectivity index (χ0) is 16.2. The number of hydrogen-bond acceptors (Lipinski definition) is 3. The molecule has 0 aliphatic heterocycles. The molecular weight excluding hydrogens is 311 g/mol. The van der Waals surface area contributed by atoms with Gasteiger partial charge in [-0.2, -0.15) is 5.10 Å². The molecule has 1 aliphatic carbocycles.